The first-order valence-electron chi connectivity index (χ1n) is 26.8. The largest absolute Gasteiger partial charge is 0.479 e. The maximum Gasteiger partial charge on any atom is 0.335 e. The smallest absolute Gasteiger partial charge is 0.335 e. The molecule has 0 aromatic heterocycles. The fourth-order valence-electron chi connectivity index (χ4n) is 8.16. The average Bonchev–Trinajstić information content (AvgIpc) is 3.37. The molecule has 2 aliphatic heterocycles. The van der Waals surface area contributed by atoms with Gasteiger partial charge >= 0.3 is 5.97 Å². The highest BCUT2D eigenvalue weighted by Gasteiger charge is 2.51. The van der Waals surface area contributed by atoms with E-state index in [9.17, 15) is 46.9 Å². The van der Waals surface area contributed by atoms with Crippen LogP contribution >= 0.6 is 0 Å². The number of aliphatic hydroxyl groups is 3. The topological polar surface area (TPSA) is 374 Å². The van der Waals surface area contributed by atoms with Gasteiger partial charge in [0.05, 0.1) is 184 Å². The minimum atomic E-state index is -3.97. The highest BCUT2D eigenvalue weighted by molar-refractivity contribution is 7.86. The number of methoxy groups -OCH3 is 2. The van der Waals surface area contributed by atoms with Crippen molar-refractivity contribution in [3.8, 4) is 0 Å². The standard InChI is InChI=1S/C48H93N3O27S2/c1-36(40-37(52)38(53)41(64-6)44(77-40)46(55)49-10-15-66-18-21-69-24-25-70-22-19-67-16-13-50(2,3)11-8-34-79(58,59)60)74-32-33-75-42-39(54)43(48(65-7)78-45(42)47(56)57)76-31-30-73-29-28-72-27-26-71-23-20-68-17-14-51(4,5)12-9-35-80(61,62)63/h36-45,48,52-54H,8-35H2,1-7H3,(H2-2,49,55,56,57,58,59,60,61,62,63)/p+2. The maximum atomic E-state index is 13.3. The van der Waals surface area contributed by atoms with Gasteiger partial charge in [-0.05, 0) is 6.92 Å². The van der Waals surface area contributed by atoms with Crippen molar-refractivity contribution >= 4 is 32.1 Å². The summed E-state index contributed by atoms with van der Waals surface area (Å²) in [6, 6.07) is 0. The molecule has 0 aliphatic carbocycles. The Morgan fingerprint density at radius 3 is 1.35 bits per heavy atom. The Kier molecular flexibility index (Phi) is 37.3. The number of hydrogen-bond donors (Lipinski definition) is 7. The predicted octanol–water partition coefficient (Wildman–Crippen LogP) is -3.56. The minimum Gasteiger partial charge on any atom is -0.479 e. The molecular weight excluding hydrogens is 1110 g/mol. The molecule has 11 atom stereocenters. The molecule has 474 valence electrons. The highest BCUT2D eigenvalue weighted by Crippen LogP contribution is 2.28. The second-order valence-electron chi connectivity index (χ2n) is 20.2. The third-order valence-corrected chi connectivity index (χ3v) is 14.3. The molecule has 2 fully saturated rings. The van der Waals surface area contributed by atoms with Crippen molar-refractivity contribution in [2.45, 2.75) is 87.1 Å². The summed E-state index contributed by atoms with van der Waals surface area (Å²) < 4.78 is 147. The number of nitrogens with one attached hydrogen (secondary N) is 1. The van der Waals surface area contributed by atoms with Crippen LogP contribution in [0.25, 0.3) is 0 Å². The van der Waals surface area contributed by atoms with Crippen LogP contribution in [0.5, 0.6) is 0 Å². The molecule has 0 radical (unpaired) electrons. The number of hydrogen-bond acceptors (Lipinski definition) is 24. The minimum absolute atomic E-state index is 0.0318. The first kappa shape index (κ1) is 74.1. The Balaban J connectivity index is 1.64. The zero-order valence-electron chi connectivity index (χ0n) is 47.6. The molecule has 32 heteroatoms. The molecule has 0 saturated carbocycles. The molecule has 2 rings (SSSR count). The fourth-order valence-corrected chi connectivity index (χ4v) is 9.15. The molecule has 11 unspecified atom stereocenters. The summed E-state index contributed by atoms with van der Waals surface area (Å²) >= 11 is 0. The number of aliphatic carboxylic acids is 1. The molecule has 0 aromatic carbocycles. The van der Waals surface area contributed by atoms with Crippen LogP contribution in [0.4, 0.5) is 0 Å². The first-order chi connectivity index (χ1) is 37.8. The van der Waals surface area contributed by atoms with Gasteiger partial charge in [-0.15, -0.1) is 0 Å². The summed E-state index contributed by atoms with van der Waals surface area (Å²) in [4.78, 5) is 25.4. The Labute approximate surface area is 471 Å². The van der Waals surface area contributed by atoms with Gasteiger partial charge in [0.2, 0.25) is 0 Å². The van der Waals surface area contributed by atoms with Gasteiger partial charge in [-0.1, -0.05) is 0 Å². The normalized spacial score (nSPS) is 24.5. The van der Waals surface area contributed by atoms with Gasteiger partial charge < -0.3 is 106 Å². The summed E-state index contributed by atoms with van der Waals surface area (Å²) in [6.45, 7) is 8.52. The Bertz CT molecular complexity index is 1880. The predicted molar refractivity (Wildman–Crippen MR) is 281 cm³/mol. The second-order valence-corrected chi connectivity index (χ2v) is 23.3. The van der Waals surface area contributed by atoms with Crippen molar-refractivity contribution in [2.24, 2.45) is 0 Å². The lowest BCUT2D eigenvalue weighted by atomic mass is 9.92. The molecular formula is C48H95N3O27S2+2. The number of aliphatic hydroxyl groups excluding tert-OH is 3. The maximum absolute atomic E-state index is 13.3. The van der Waals surface area contributed by atoms with E-state index < -0.39 is 99.4 Å². The van der Waals surface area contributed by atoms with Gasteiger partial charge in [0.1, 0.15) is 55.8 Å². The van der Waals surface area contributed by atoms with Crippen LogP contribution in [0.1, 0.15) is 19.8 Å². The number of carboxylic acid groups (broad SMARTS) is 1. The number of carboxylic acids is 1. The summed E-state index contributed by atoms with van der Waals surface area (Å²) in [5.74, 6) is -2.61. The van der Waals surface area contributed by atoms with Gasteiger partial charge in [-0.2, -0.15) is 16.8 Å². The summed E-state index contributed by atoms with van der Waals surface area (Å²) in [7, 11) is 2.40. The third-order valence-electron chi connectivity index (χ3n) is 12.7. The quantitative estimate of drug-likeness (QED) is 0.0176. The molecule has 2 aliphatic rings. The number of carbonyl (C=O) groups is 2. The van der Waals surface area contributed by atoms with E-state index in [0.29, 0.717) is 114 Å². The molecule has 2 saturated heterocycles. The zero-order chi connectivity index (χ0) is 59.6. The van der Waals surface area contributed by atoms with Gasteiger partial charge in [0, 0.05) is 33.6 Å². The third kappa shape index (κ3) is 32.3. The van der Waals surface area contributed by atoms with Crippen molar-refractivity contribution in [3.63, 3.8) is 0 Å². The van der Waals surface area contributed by atoms with E-state index in [0.717, 1.165) is 0 Å². The van der Waals surface area contributed by atoms with Crippen LogP contribution in [-0.2, 0) is 101 Å². The van der Waals surface area contributed by atoms with Gasteiger partial charge in [0.15, 0.2) is 18.5 Å². The number of nitrogens with zero attached hydrogens (tertiary/aromatic N) is 2. The van der Waals surface area contributed by atoms with Crippen molar-refractivity contribution in [2.75, 3.05) is 212 Å². The number of carbonyl (C=O) groups excluding carboxylic acids is 1. The summed E-state index contributed by atoms with van der Waals surface area (Å²) in [5.41, 5.74) is 0. The summed E-state index contributed by atoms with van der Waals surface area (Å²) in [6.07, 6.45) is -14.2. The SMILES string of the molecule is COC1OC(C(=O)O)C(OCCOC(C)C2OC(C(=O)NCCOCCOCCOCCOCC[N+](C)(C)CCCS(=O)(=O)O)C(OC)C(O)C2O)C(O)C1OCCOCCOCCOCCOCC[N+](C)(C)CCCS(=O)(=O)O. The van der Waals surface area contributed by atoms with E-state index in [1.807, 2.05) is 28.2 Å². The molecule has 2 heterocycles. The van der Waals surface area contributed by atoms with E-state index in [1.54, 1.807) is 0 Å². The fraction of sp³-hybridized carbons (Fsp3) is 0.958. The van der Waals surface area contributed by atoms with Crippen LogP contribution in [-0.4, -0.2) is 347 Å². The number of likely N-dealkylation sites (N-methyl/N-ethyl adjacent to an activating group) is 2. The Morgan fingerprint density at radius 1 is 0.512 bits per heavy atom. The van der Waals surface area contributed by atoms with Gasteiger partial charge in [0.25, 0.3) is 26.1 Å². The number of amides is 1. The van der Waals surface area contributed by atoms with E-state index in [-0.39, 0.29) is 77.5 Å². The highest BCUT2D eigenvalue weighted by atomic mass is 32.2. The number of rotatable bonds is 49. The summed E-state index contributed by atoms with van der Waals surface area (Å²) in [5, 5.41) is 45.8. The lowest BCUT2D eigenvalue weighted by Gasteiger charge is -2.43. The van der Waals surface area contributed by atoms with Crippen molar-refractivity contribution in [1.29, 1.82) is 0 Å². The molecule has 7 N–H and O–H groups in total. The molecule has 30 nitrogen and oxygen atoms in total. The van der Waals surface area contributed by atoms with E-state index in [4.69, 9.17) is 80.2 Å². The van der Waals surface area contributed by atoms with Crippen LogP contribution in [0, 0.1) is 0 Å². The van der Waals surface area contributed by atoms with Crippen LogP contribution in [0.3, 0.4) is 0 Å². The molecule has 0 bridgehead atoms. The Morgan fingerprint density at radius 2 is 0.925 bits per heavy atom. The van der Waals surface area contributed by atoms with Crippen molar-refractivity contribution < 1.29 is 136 Å². The number of quaternary nitrogens is 2. The van der Waals surface area contributed by atoms with E-state index in [2.05, 4.69) is 5.32 Å². The van der Waals surface area contributed by atoms with Crippen molar-refractivity contribution in [1.82, 2.24) is 5.32 Å². The zero-order valence-corrected chi connectivity index (χ0v) is 49.3. The molecule has 80 heavy (non-hydrogen) atoms. The second kappa shape index (κ2) is 40.3. The molecule has 0 aromatic rings. The van der Waals surface area contributed by atoms with Crippen LogP contribution in [0.15, 0.2) is 0 Å². The van der Waals surface area contributed by atoms with Gasteiger partial charge in [-0.25, -0.2) is 4.79 Å². The molecule has 1 amide bonds. The van der Waals surface area contributed by atoms with E-state index >= 15 is 0 Å². The molecule has 0 spiro atoms. The average molecular weight is 1210 g/mol. The van der Waals surface area contributed by atoms with Gasteiger partial charge in [-0.3, -0.25) is 13.9 Å². The lowest BCUT2D eigenvalue weighted by molar-refractivity contribution is -0.890. The first-order valence-corrected chi connectivity index (χ1v) is 30.0. The lowest BCUT2D eigenvalue weighted by Crippen LogP contribution is -2.64. The van der Waals surface area contributed by atoms with Crippen molar-refractivity contribution in [3.05, 3.63) is 0 Å². The number of ether oxygens (including phenoxy) is 15. The monoisotopic (exact) mass is 1210 g/mol. The van der Waals surface area contributed by atoms with E-state index in [1.165, 1.54) is 21.1 Å². The van der Waals surface area contributed by atoms with Crippen LogP contribution in [0.2, 0.25) is 0 Å². The Hall–Kier alpha value is -2.04. The van der Waals surface area contributed by atoms with Crippen LogP contribution < -0.4 is 5.32 Å².